The van der Waals surface area contributed by atoms with Gasteiger partial charge < -0.3 is 10.1 Å². The first-order chi connectivity index (χ1) is 9.85. The lowest BCUT2D eigenvalue weighted by atomic mass is 10.2. The second-order valence-electron chi connectivity index (χ2n) is 6.25. The molecule has 114 valence electrons. The molecule has 1 aromatic rings. The maximum atomic E-state index is 12.0. The Morgan fingerprint density at radius 1 is 1.33 bits per heavy atom. The van der Waals surface area contributed by atoms with Crippen molar-refractivity contribution in [2.24, 2.45) is 0 Å². The molecule has 2 rings (SSSR count). The van der Waals surface area contributed by atoms with E-state index in [1.165, 1.54) is 4.90 Å². The van der Waals surface area contributed by atoms with Crippen molar-refractivity contribution in [1.29, 1.82) is 0 Å². The number of rotatable bonds is 3. The highest BCUT2D eigenvalue weighted by atomic mass is 16.6. The Morgan fingerprint density at radius 3 is 2.62 bits per heavy atom. The summed E-state index contributed by atoms with van der Waals surface area (Å²) in [4.78, 5) is 25.4. The molecule has 21 heavy (non-hydrogen) atoms. The first-order valence-corrected chi connectivity index (χ1v) is 7.13. The summed E-state index contributed by atoms with van der Waals surface area (Å²) < 4.78 is 5.29. The zero-order valence-electron chi connectivity index (χ0n) is 12.8. The molecule has 0 bridgehead atoms. The maximum absolute atomic E-state index is 12.0. The number of benzene rings is 1. The molecule has 0 radical (unpaired) electrons. The topological polar surface area (TPSA) is 58.6 Å². The van der Waals surface area contributed by atoms with Crippen LogP contribution in [0.15, 0.2) is 30.3 Å². The normalized spacial score (nSPS) is 18.9. The summed E-state index contributed by atoms with van der Waals surface area (Å²) in [5, 5.41) is 3.20. The van der Waals surface area contributed by atoms with Gasteiger partial charge in [0.15, 0.2) is 5.78 Å². The minimum absolute atomic E-state index is 0.0248. The smallest absolute Gasteiger partial charge is 0.410 e. The molecule has 1 saturated heterocycles. The molecule has 1 aromatic carbocycles. The number of nitrogens with one attached hydrogen (secondary N) is 1. The standard InChI is InChI=1S/C16H22N2O3/c1-16(2,3)21-15(20)18-10-13(14(19)11-18)17-9-12-7-5-4-6-8-12/h4-8,13,17H,9-11H2,1-3H3. The van der Waals surface area contributed by atoms with Crippen molar-refractivity contribution in [2.45, 2.75) is 39.0 Å². The van der Waals surface area contributed by atoms with Gasteiger partial charge in [0.05, 0.1) is 12.6 Å². The molecule has 1 N–H and O–H groups in total. The van der Waals surface area contributed by atoms with Crippen LogP contribution in [-0.2, 0) is 16.1 Å². The summed E-state index contributed by atoms with van der Waals surface area (Å²) in [7, 11) is 0. The molecule has 1 aliphatic heterocycles. The lowest BCUT2D eigenvalue weighted by Crippen LogP contribution is -2.38. The summed E-state index contributed by atoms with van der Waals surface area (Å²) in [6.07, 6.45) is -0.431. The molecule has 0 saturated carbocycles. The maximum Gasteiger partial charge on any atom is 0.410 e. The van der Waals surface area contributed by atoms with Crippen molar-refractivity contribution in [3.8, 4) is 0 Å². The largest absolute Gasteiger partial charge is 0.444 e. The van der Waals surface area contributed by atoms with E-state index in [1.54, 1.807) is 0 Å². The molecule has 5 heteroatoms. The van der Waals surface area contributed by atoms with Gasteiger partial charge in [-0.2, -0.15) is 0 Å². The molecule has 1 unspecified atom stereocenters. The van der Waals surface area contributed by atoms with Crippen molar-refractivity contribution in [3.63, 3.8) is 0 Å². The number of carbonyl (C=O) groups excluding carboxylic acids is 2. The average molecular weight is 290 g/mol. The molecule has 0 spiro atoms. The van der Waals surface area contributed by atoms with Gasteiger partial charge in [-0.15, -0.1) is 0 Å². The zero-order chi connectivity index (χ0) is 15.5. The van der Waals surface area contributed by atoms with Crippen molar-refractivity contribution in [3.05, 3.63) is 35.9 Å². The van der Waals surface area contributed by atoms with Crippen LogP contribution in [0.4, 0.5) is 4.79 Å². The summed E-state index contributed by atoms with van der Waals surface area (Å²) in [5.41, 5.74) is 0.566. The summed E-state index contributed by atoms with van der Waals surface area (Å²) >= 11 is 0. The number of nitrogens with zero attached hydrogens (tertiary/aromatic N) is 1. The second-order valence-corrected chi connectivity index (χ2v) is 6.25. The van der Waals surface area contributed by atoms with Gasteiger partial charge in [-0.1, -0.05) is 30.3 Å². The molecule has 5 nitrogen and oxygen atoms in total. The Morgan fingerprint density at radius 2 is 2.00 bits per heavy atom. The Bertz CT molecular complexity index is 508. The van der Waals surface area contributed by atoms with E-state index >= 15 is 0 Å². The Kier molecular flexibility index (Phi) is 4.63. The van der Waals surface area contributed by atoms with Gasteiger partial charge in [0, 0.05) is 13.1 Å². The Labute approximate surface area is 125 Å². The van der Waals surface area contributed by atoms with Crippen LogP contribution < -0.4 is 5.32 Å². The molecule has 1 fully saturated rings. The summed E-state index contributed by atoms with van der Waals surface area (Å²) in [5.74, 6) is 0.0248. The monoisotopic (exact) mass is 290 g/mol. The second kappa shape index (κ2) is 6.26. The third-order valence-electron chi connectivity index (χ3n) is 3.19. The molecule has 1 atom stereocenters. The van der Waals surface area contributed by atoms with Gasteiger partial charge in [0.1, 0.15) is 5.60 Å². The quantitative estimate of drug-likeness (QED) is 0.924. The van der Waals surface area contributed by atoms with E-state index in [2.05, 4.69) is 5.32 Å². The number of ketones is 1. The molecule has 0 aliphatic carbocycles. The number of carbonyl (C=O) groups is 2. The fourth-order valence-corrected chi connectivity index (χ4v) is 2.17. The number of ether oxygens (including phenoxy) is 1. The average Bonchev–Trinajstić information content (AvgIpc) is 2.77. The van der Waals surface area contributed by atoms with E-state index in [1.807, 2.05) is 51.1 Å². The lowest BCUT2D eigenvalue weighted by Gasteiger charge is -2.24. The Hall–Kier alpha value is -1.88. The van der Waals surface area contributed by atoms with Crippen LogP contribution in [0, 0.1) is 0 Å². The SMILES string of the molecule is CC(C)(C)OC(=O)N1CC(=O)C(NCc2ccccc2)C1. The molecule has 1 amide bonds. The van der Waals surface area contributed by atoms with E-state index in [-0.39, 0.29) is 18.4 Å². The molecule has 0 aromatic heterocycles. The fraction of sp³-hybridized carbons (Fsp3) is 0.500. The third kappa shape index (κ3) is 4.56. The predicted molar refractivity (Wildman–Crippen MR) is 79.9 cm³/mol. The minimum atomic E-state index is -0.546. The van der Waals surface area contributed by atoms with Crippen LogP contribution in [-0.4, -0.2) is 41.5 Å². The molecule has 1 heterocycles. The van der Waals surface area contributed by atoms with E-state index in [9.17, 15) is 9.59 Å². The van der Waals surface area contributed by atoms with Crippen LogP contribution in [0.2, 0.25) is 0 Å². The van der Waals surface area contributed by atoms with Crippen molar-refractivity contribution < 1.29 is 14.3 Å². The zero-order valence-corrected chi connectivity index (χ0v) is 12.8. The van der Waals surface area contributed by atoms with Gasteiger partial charge in [-0.25, -0.2) is 4.79 Å². The van der Waals surface area contributed by atoms with E-state index < -0.39 is 11.7 Å². The highest BCUT2D eigenvalue weighted by Crippen LogP contribution is 2.14. The van der Waals surface area contributed by atoms with Crippen LogP contribution in [0.5, 0.6) is 0 Å². The lowest BCUT2D eigenvalue weighted by molar-refractivity contribution is -0.118. The van der Waals surface area contributed by atoms with Gasteiger partial charge in [-0.05, 0) is 26.3 Å². The van der Waals surface area contributed by atoms with Crippen molar-refractivity contribution >= 4 is 11.9 Å². The van der Waals surface area contributed by atoms with Crippen molar-refractivity contribution in [1.82, 2.24) is 10.2 Å². The van der Waals surface area contributed by atoms with Gasteiger partial charge in [0.2, 0.25) is 0 Å². The first kappa shape index (κ1) is 15.5. The highest BCUT2D eigenvalue weighted by Gasteiger charge is 2.35. The van der Waals surface area contributed by atoms with Gasteiger partial charge in [-0.3, -0.25) is 9.69 Å². The van der Waals surface area contributed by atoms with E-state index in [4.69, 9.17) is 4.74 Å². The van der Waals surface area contributed by atoms with Crippen LogP contribution in [0.25, 0.3) is 0 Å². The first-order valence-electron chi connectivity index (χ1n) is 7.13. The van der Waals surface area contributed by atoms with Gasteiger partial charge in [0.25, 0.3) is 0 Å². The Balaban J connectivity index is 1.86. The summed E-state index contributed by atoms with van der Waals surface area (Å²) in [6, 6.07) is 9.55. The molecular formula is C16H22N2O3. The van der Waals surface area contributed by atoms with Crippen LogP contribution in [0.3, 0.4) is 0 Å². The number of amides is 1. The van der Waals surface area contributed by atoms with Crippen LogP contribution >= 0.6 is 0 Å². The number of hydrogen-bond donors (Lipinski definition) is 1. The number of likely N-dealkylation sites (tertiary alicyclic amines) is 1. The number of hydrogen-bond acceptors (Lipinski definition) is 4. The predicted octanol–water partition coefficient (Wildman–Crippen LogP) is 1.96. The van der Waals surface area contributed by atoms with E-state index in [0.717, 1.165) is 5.56 Å². The highest BCUT2D eigenvalue weighted by molar-refractivity contribution is 5.92. The summed E-state index contributed by atoms with van der Waals surface area (Å²) in [6.45, 7) is 6.52. The van der Waals surface area contributed by atoms with Gasteiger partial charge >= 0.3 is 6.09 Å². The number of Topliss-reactive ketones (excluding diaryl/α,β-unsaturated/α-hetero) is 1. The minimum Gasteiger partial charge on any atom is -0.444 e. The molecular weight excluding hydrogens is 268 g/mol. The van der Waals surface area contributed by atoms with Crippen molar-refractivity contribution in [2.75, 3.05) is 13.1 Å². The fourth-order valence-electron chi connectivity index (χ4n) is 2.17. The molecule has 1 aliphatic rings. The third-order valence-corrected chi connectivity index (χ3v) is 3.19. The van der Waals surface area contributed by atoms with E-state index in [0.29, 0.717) is 13.1 Å². The van der Waals surface area contributed by atoms with Crippen LogP contribution in [0.1, 0.15) is 26.3 Å².